The zero-order chi connectivity index (χ0) is 26.8. The molecule has 1 aromatic heterocycles. The van der Waals surface area contributed by atoms with Crippen LogP contribution >= 0.6 is 0 Å². The Balaban J connectivity index is 1.46. The number of carbonyl (C=O) groups is 2. The lowest BCUT2D eigenvalue weighted by molar-refractivity contribution is -0.144. The third-order valence-electron chi connectivity index (χ3n) is 5.94. The van der Waals surface area contributed by atoms with Crippen LogP contribution in [0.3, 0.4) is 0 Å². The number of hydrogen-bond acceptors (Lipinski definition) is 5. The van der Waals surface area contributed by atoms with Crippen LogP contribution in [0.25, 0.3) is 22.1 Å². The van der Waals surface area contributed by atoms with Crippen LogP contribution in [0, 0.1) is 5.92 Å². The molecule has 4 rings (SSSR count). The minimum absolute atomic E-state index is 0.0161. The first-order valence-electron chi connectivity index (χ1n) is 11.7. The van der Waals surface area contributed by atoms with E-state index in [0.717, 1.165) is 16.5 Å². The second-order valence-electron chi connectivity index (χ2n) is 9.55. The monoisotopic (exact) mass is 520 g/mol. The van der Waals surface area contributed by atoms with E-state index in [1.165, 1.54) is 19.1 Å². The van der Waals surface area contributed by atoms with E-state index in [1.807, 2.05) is 32.0 Å². The van der Waals surface area contributed by atoms with Gasteiger partial charge in [0.25, 0.3) is 5.91 Å². The quantitative estimate of drug-likeness (QED) is 0.267. The minimum Gasteiger partial charge on any atom is -0.480 e. The van der Waals surface area contributed by atoms with E-state index >= 15 is 0 Å². The van der Waals surface area contributed by atoms with Gasteiger partial charge in [-0.3, -0.25) is 9.59 Å². The topological polar surface area (TPSA) is 126 Å². The summed E-state index contributed by atoms with van der Waals surface area (Å²) in [7, 11) is -4.05. The molecule has 0 aliphatic heterocycles. The van der Waals surface area contributed by atoms with Crippen LogP contribution < -0.4 is 10.0 Å². The molecule has 9 heteroatoms. The van der Waals surface area contributed by atoms with E-state index in [1.54, 1.807) is 48.5 Å². The second kappa shape index (κ2) is 10.2. The number of sulfonamides is 1. The molecule has 8 nitrogen and oxygen atoms in total. The smallest absolute Gasteiger partial charge is 0.324 e. The van der Waals surface area contributed by atoms with Gasteiger partial charge in [0.1, 0.15) is 11.1 Å². The summed E-state index contributed by atoms with van der Waals surface area (Å²) < 4.78 is 33.7. The van der Waals surface area contributed by atoms with Crippen LogP contribution in [0.15, 0.2) is 88.2 Å². The SMILES string of the molecule is CC(C)CC(C)(NS(=O)(=O)c1ccc(-c2ccc(NC(=O)c3cc4ccccc4o3)cc2)cc1)C(=O)O. The summed E-state index contributed by atoms with van der Waals surface area (Å²) in [6.07, 6.45) is 0.152. The molecule has 1 heterocycles. The largest absolute Gasteiger partial charge is 0.480 e. The Morgan fingerprint density at radius 1 is 0.946 bits per heavy atom. The van der Waals surface area contributed by atoms with Crippen LogP contribution in [-0.2, 0) is 14.8 Å². The Morgan fingerprint density at radius 3 is 2.11 bits per heavy atom. The molecule has 0 bridgehead atoms. The summed E-state index contributed by atoms with van der Waals surface area (Å²) in [5, 5.41) is 13.2. The number of hydrogen-bond donors (Lipinski definition) is 3. The van der Waals surface area contributed by atoms with E-state index in [2.05, 4.69) is 10.0 Å². The number of aliphatic carboxylic acids is 1. The molecule has 1 amide bonds. The van der Waals surface area contributed by atoms with Gasteiger partial charge in [-0.1, -0.05) is 56.3 Å². The molecule has 0 saturated heterocycles. The number of amides is 1. The van der Waals surface area contributed by atoms with Gasteiger partial charge in [0.05, 0.1) is 4.90 Å². The molecule has 0 spiro atoms. The number of anilines is 1. The van der Waals surface area contributed by atoms with Gasteiger partial charge in [0.2, 0.25) is 10.0 Å². The molecule has 0 radical (unpaired) electrons. The lowest BCUT2D eigenvalue weighted by Crippen LogP contribution is -2.52. The Hall–Kier alpha value is -3.95. The zero-order valence-corrected chi connectivity index (χ0v) is 21.5. The van der Waals surface area contributed by atoms with Crippen LogP contribution in [0.4, 0.5) is 5.69 Å². The van der Waals surface area contributed by atoms with Gasteiger partial charge < -0.3 is 14.8 Å². The maximum atomic E-state index is 12.9. The Kier molecular flexibility index (Phi) is 7.20. The highest BCUT2D eigenvalue weighted by atomic mass is 32.2. The molecule has 0 saturated carbocycles. The van der Waals surface area contributed by atoms with Gasteiger partial charge in [-0.2, -0.15) is 4.72 Å². The molecule has 1 unspecified atom stereocenters. The maximum absolute atomic E-state index is 12.9. The number of carboxylic acids is 1. The number of carbonyl (C=O) groups excluding carboxylic acids is 1. The standard InChI is InChI=1S/C28H28N2O6S/c1-18(2)17-28(3,27(32)33)30-37(34,35)23-14-10-20(11-15-23)19-8-12-22(13-9-19)29-26(31)25-16-21-6-4-5-7-24(21)36-25/h4-16,18,30H,17H2,1-3H3,(H,29,31)(H,32,33). The van der Waals surface area contributed by atoms with Crippen molar-refractivity contribution in [3.63, 3.8) is 0 Å². The van der Waals surface area contributed by atoms with Crippen molar-refractivity contribution in [2.24, 2.45) is 5.92 Å². The van der Waals surface area contributed by atoms with Crippen molar-refractivity contribution >= 4 is 38.6 Å². The lowest BCUT2D eigenvalue weighted by Gasteiger charge is -2.27. The summed E-state index contributed by atoms with van der Waals surface area (Å²) in [6.45, 7) is 5.04. The fourth-order valence-corrected chi connectivity index (χ4v) is 5.58. The third kappa shape index (κ3) is 5.90. The molecule has 1 atom stereocenters. The fourth-order valence-electron chi connectivity index (χ4n) is 4.20. The van der Waals surface area contributed by atoms with Gasteiger partial charge >= 0.3 is 5.97 Å². The normalized spacial score (nSPS) is 13.4. The van der Waals surface area contributed by atoms with Crippen molar-refractivity contribution in [1.29, 1.82) is 0 Å². The van der Waals surface area contributed by atoms with E-state index in [9.17, 15) is 23.1 Å². The van der Waals surface area contributed by atoms with Crippen LogP contribution in [0.1, 0.15) is 37.7 Å². The first-order valence-corrected chi connectivity index (χ1v) is 13.2. The van der Waals surface area contributed by atoms with Gasteiger partial charge in [-0.05, 0) is 66.8 Å². The van der Waals surface area contributed by atoms with Crippen LogP contribution in [-0.4, -0.2) is 30.9 Å². The first kappa shape index (κ1) is 26.1. The van der Waals surface area contributed by atoms with Crippen molar-refractivity contribution in [3.05, 3.63) is 84.6 Å². The van der Waals surface area contributed by atoms with Gasteiger partial charge in [0, 0.05) is 11.1 Å². The fraction of sp³-hybridized carbons (Fsp3) is 0.214. The van der Waals surface area contributed by atoms with Crippen molar-refractivity contribution in [3.8, 4) is 11.1 Å². The number of furan rings is 1. The summed E-state index contributed by atoms with van der Waals surface area (Å²) >= 11 is 0. The number of benzene rings is 3. The highest BCUT2D eigenvalue weighted by Crippen LogP contribution is 2.26. The van der Waals surface area contributed by atoms with Crippen molar-refractivity contribution in [2.45, 2.75) is 37.6 Å². The molecule has 0 fully saturated rings. The summed E-state index contributed by atoms with van der Waals surface area (Å²) in [6, 6.07) is 22.3. The lowest BCUT2D eigenvalue weighted by atomic mass is 9.92. The highest BCUT2D eigenvalue weighted by molar-refractivity contribution is 7.89. The average molecular weight is 521 g/mol. The number of para-hydroxylation sites is 1. The first-order chi connectivity index (χ1) is 17.5. The van der Waals surface area contributed by atoms with Gasteiger partial charge in [-0.25, -0.2) is 8.42 Å². The molecule has 192 valence electrons. The van der Waals surface area contributed by atoms with Crippen molar-refractivity contribution in [2.75, 3.05) is 5.32 Å². The Bertz CT molecular complexity index is 1510. The molecule has 0 aliphatic rings. The zero-order valence-electron chi connectivity index (χ0n) is 20.7. The Labute approximate surface area is 215 Å². The third-order valence-corrected chi connectivity index (χ3v) is 7.55. The Morgan fingerprint density at radius 2 is 1.54 bits per heavy atom. The molecule has 3 N–H and O–H groups in total. The average Bonchev–Trinajstić information content (AvgIpc) is 3.28. The molecule has 3 aromatic carbocycles. The molecule has 4 aromatic rings. The number of rotatable bonds is 9. The number of carboxylic acid groups (broad SMARTS) is 1. The predicted molar refractivity (Wildman–Crippen MR) is 142 cm³/mol. The van der Waals surface area contributed by atoms with E-state index in [0.29, 0.717) is 11.3 Å². The summed E-state index contributed by atoms with van der Waals surface area (Å²) in [5.41, 5.74) is 1.17. The number of fused-ring (bicyclic) bond motifs is 1. The van der Waals surface area contributed by atoms with Crippen molar-refractivity contribution in [1.82, 2.24) is 4.72 Å². The molecule has 37 heavy (non-hydrogen) atoms. The predicted octanol–water partition coefficient (Wildman–Crippen LogP) is 5.52. The van der Waals surface area contributed by atoms with E-state index < -0.39 is 21.5 Å². The summed E-state index contributed by atoms with van der Waals surface area (Å²) in [4.78, 5) is 24.3. The maximum Gasteiger partial charge on any atom is 0.324 e. The van der Waals surface area contributed by atoms with Crippen LogP contribution in [0.2, 0.25) is 0 Å². The molecular formula is C28H28N2O6S. The van der Waals surface area contributed by atoms with Gasteiger partial charge in [-0.15, -0.1) is 0 Å². The van der Waals surface area contributed by atoms with Crippen LogP contribution in [0.5, 0.6) is 0 Å². The summed E-state index contributed by atoms with van der Waals surface area (Å²) in [5.74, 6) is -1.40. The van der Waals surface area contributed by atoms with E-state index in [4.69, 9.17) is 4.42 Å². The highest BCUT2D eigenvalue weighted by Gasteiger charge is 2.38. The van der Waals surface area contributed by atoms with Gasteiger partial charge in [0.15, 0.2) is 5.76 Å². The number of nitrogens with one attached hydrogen (secondary N) is 2. The minimum atomic E-state index is -4.05. The second-order valence-corrected chi connectivity index (χ2v) is 11.2. The van der Waals surface area contributed by atoms with Crippen molar-refractivity contribution < 1.29 is 27.5 Å². The molecular weight excluding hydrogens is 492 g/mol. The molecule has 0 aliphatic carbocycles. The van der Waals surface area contributed by atoms with E-state index in [-0.39, 0.29) is 28.9 Å².